The van der Waals surface area contributed by atoms with Gasteiger partial charge in [-0.1, -0.05) is 6.07 Å². The van der Waals surface area contributed by atoms with Crippen LogP contribution in [-0.2, 0) is 6.42 Å². The van der Waals surface area contributed by atoms with Gasteiger partial charge in [0.1, 0.15) is 5.82 Å². The molecular weight excluding hydrogens is 229 g/mol. The van der Waals surface area contributed by atoms with Crippen LogP contribution >= 0.6 is 0 Å². The molecule has 2 nitrogen and oxygen atoms in total. The molecule has 2 rings (SSSR count). The number of pyridine rings is 1. The van der Waals surface area contributed by atoms with Crippen molar-refractivity contribution in [3.05, 3.63) is 64.7 Å². The zero-order valence-corrected chi connectivity index (χ0v) is 10.4. The van der Waals surface area contributed by atoms with Gasteiger partial charge in [-0.3, -0.25) is 9.78 Å². The van der Waals surface area contributed by atoms with Gasteiger partial charge in [-0.2, -0.15) is 0 Å². The van der Waals surface area contributed by atoms with Crippen LogP contribution in [0.3, 0.4) is 0 Å². The minimum Gasteiger partial charge on any atom is -0.294 e. The van der Waals surface area contributed by atoms with Gasteiger partial charge in [-0.15, -0.1) is 0 Å². The molecule has 2 aromatic rings. The molecule has 18 heavy (non-hydrogen) atoms. The van der Waals surface area contributed by atoms with E-state index in [9.17, 15) is 9.18 Å². The van der Waals surface area contributed by atoms with Gasteiger partial charge < -0.3 is 0 Å². The standard InChI is InChI=1S/C15H14FNO/c1-10-5-6-13(16)8-12(10)9-15(18)14-4-3-7-17-11(14)2/h3-8H,9H2,1-2H3. The van der Waals surface area contributed by atoms with Gasteiger partial charge in [0.15, 0.2) is 5.78 Å². The number of rotatable bonds is 3. The van der Waals surface area contributed by atoms with Crippen LogP contribution in [0, 0.1) is 19.7 Å². The van der Waals surface area contributed by atoms with Gasteiger partial charge in [0.25, 0.3) is 0 Å². The molecule has 0 N–H and O–H groups in total. The van der Waals surface area contributed by atoms with Gasteiger partial charge in [-0.25, -0.2) is 4.39 Å². The number of halogens is 1. The fourth-order valence-corrected chi connectivity index (χ4v) is 1.88. The first-order valence-electron chi connectivity index (χ1n) is 5.78. The van der Waals surface area contributed by atoms with Crippen molar-refractivity contribution in [3.63, 3.8) is 0 Å². The van der Waals surface area contributed by atoms with E-state index < -0.39 is 0 Å². The van der Waals surface area contributed by atoms with E-state index in [1.807, 2.05) is 6.92 Å². The van der Waals surface area contributed by atoms with Crippen molar-refractivity contribution in [1.29, 1.82) is 0 Å². The van der Waals surface area contributed by atoms with Gasteiger partial charge in [0, 0.05) is 23.9 Å². The second-order valence-electron chi connectivity index (χ2n) is 4.31. The monoisotopic (exact) mass is 243 g/mol. The Labute approximate surface area is 105 Å². The number of benzene rings is 1. The van der Waals surface area contributed by atoms with Crippen molar-refractivity contribution in [2.24, 2.45) is 0 Å². The van der Waals surface area contributed by atoms with Crippen LogP contribution < -0.4 is 0 Å². The summed E-state index contributed by atoms with van der Waals surface area (Å²) in [4.78, 5) is 16.2. The molecule has 92 valence electrons. The third-order valence-corrected chi connectivity index (χ3v) is 2.97. The molecule has 0 aliphatic rings. The van der Waals surface area contributed by atoms with Gasteiger partial charge in [0.2, 0.25) is 0 Å². The van der Waals surface area contributed by atoms with Crippen molar-refractivity contribution in [1.82, 2.24) is 4.98 Å². The average molecular weight is 243 g/mol. The molecule has 0 bridgehead atoms. The van der Waals surface area contributed by atoms with E-state index in [1.165, 1.54) is 12.1 Å². The Bertz CT molecular complexity index is 593. The highest BCUT2D eigenvalue weighted by Gasteiger charge is 2.12. The van der Waals surface area contributed by atoms with E-state index in [1.54, 1.807) is 31.3 Å². The lowest BCUT2D eigenvalue weighted by Crippen LogP contribution is -2.07. The Morgan fingerprint density at radius 1 is 1.28 bits per heavy atom. The topological polar surface area (TPSA) is 30.0 Å². The average Bonchev–Trinajstić information content (AvgIpc) is 2.34. The number of aryl methyl sites for hydroxylation is 2. The van der Waals surface area contributed by atoms with Crippen LogP contribution in [-0.4, -0.2) is 10.8 Å². The van der Waals surface area contributed by atoms with Gasteiger partial charge in [-0.05, 0) is 49.2 Å². The third kappa shape index (κ3) is 2.62. The second-order valence-corrected chi connectivity index (χ2v) is 4.31. The number of ketones is 1. The van der Waals surface area contributed by atoms with Crippen molar-refractivity contribution in [3.8, 4) is 0 Å². The van der Waals surface area contributed by atoms with E-state index in [0.29, 0.717) is 11.3 Å². The molecule has 0 aliphatic heterocycles. The predicted molar refractivity (Wildman–Crippen MR) is 68.1 cm³/mol. The summed E-state index contributed by atoms with van der Waals surface area (Å²) in [6, 6.07) is 7.99. The molecule has 1 aromatic carbocycles. The minimum absolute atomic E-state index is 0.0331. The smallest absolute Gasteiger partial charge is 0.169 e. The van der Waals surface area contributed by atoms with Gasteiger partial charge >= 0.3 is 0 Å². The number of nitrogens with zero attached hydrogens (tertiary/aromatic N) is 1. The van der Waals surface area contributed by atoms with E-state index in [0.717, 1.165) is 11.1 Å². The Balaban J connectivity index is 2.27. The number of hydrogen-bond acceptors (Lipinski definition) is 2. The maximum Gasteiger partial charge on any atom is 0.169 e. The first-order chi connectivity index (χ1) is 8.58. The zero-order valence-electron chi connectivity index (χ0n) is 10.4. The normalized spacial score (nSPS) is 10.4. The molecule has 0 saturated heterocycles. The summed E-state index contributed by atoms with van der Waals surface area (Å²) >= 11 is 0. The Hall–Kier alpha value is -2.03. The van der Waals surface area contributed by atoms with Crippen LogP contribution in [0.2, 0.25) is 0 Å². The minimum atomic E-state index is -0.314. The van der Waals surface area contributed by atoms with Crippen molar-refractivity contribution >= 4 is 5.78 Å². The highest BCUT2D eigenvalue weighted by atomic mass is 19.1. The number of aromatic nitrogens is 1. The van der Waals surface area contributed by atoms with E-state index in [4.69, 9.17) is 0 Å². The number of Topliss-reactive ketones (excluding diaryl/α,β-unsaturated/α-hetero) is 1. The Morgan fingerprint density at radius 3 is 2.78 bits per heavy atom. The van der Waals surface area contributed by atoms with Crippen molar-refractivity contribution in [2.75, 3.05) is 0 Å². The lowest BCUT2D eigenvalue weighted by molar-refractivity contribution is 0.0991. The third-order valence-electron chi connectivity index (χ3n) is 2.97. The molecule has 0 radical (unpaired) electrons. The summed E-state index contributed by atoms with van der Waals surface area (Å²) in [5.41, 5.74) is 2.95. The fraction of sp³-hybridized carbons (Fsp3) is 0.200. The van der Waals surface area contributed by atoms with E-state index in [2.05, 4.69) is 4.98 Å². The van der Waals surface area contributed by atoms with Crippen molar-refractivity contribution < 1.29 is 9.18 Å². The Kier molecular flexibility index (Phi) is 3.51. The predicted octanol–water partition coefficient (Wildman–Crippen LogP) is 3.26. The van der Waals surface area contributed by atoms with Crippen LogP contribution in [0.1, 0.15) is 27.2 Å². The number of carbonyl (C=O) groups is 1. The molecule has 0 saturated carbocycles. The summed E-state index contributed by atoms with van der Waals surface area (Å²) < 4.78 is 13.2. The molecule has 0 fully saturated rings. The molecule has 3 heteroatoms. The SMILES string of the molecule is Cc1ccc(F)cc1CC(=O)c1cccnc1C. The van der Waals surface area contributed by atoms with Crippen molar-refractivity contribution in [2.45, 2.75) is 20.3 Å². The molecular formula is C15H14FNO. The highest BCUT2D eigenvalue weighted by molar-refractivity contribution is 5.98. The first kappa shape index (κ1) is 12.4. The quantitative estimate of drug-likeness (QED) is 0.774. The van der Waals surface area contributed by atoms with Crippen LogP contribution in [0.25, 0.3) is 0 Å². The molecule has 1 heterocycles. The molecule has 1 aromatic heterocycles. The number of carbonyl (C=O) groups excluding carboxylic acids is 1. The van der Waals surface area contributed by atoms with Crippen LogP contribution in [0.15, 0.2) is 36.5 Å². The maximum atomic E-state index is 13.2. The Morgan fingerprint density at radius 2 is 2.06 bits per heavy atom. The lowest BCUT2D eigenvalue weighted by Gasteiger charge is -2.07. The number of hydrogen-bond donors (Lipinski definition) is 0. The van der Waals surface area contributed by atoms with Gasteiger partial charge in [0.05, 0.1) is 0 Å². The second kappa shape index (κ2) is 5.08. The molecule has 0 spiro atoms. The first-order valence-corrected chi connectivity index (χ1v) is 5.78. The summed E-state index contributed by atoms with van der Waals surface area (Å²) in [7, 11) is 0. The summed E-state index contributed by atoms with van der Waals surface area (Å²) in [6.07, 6.45) is 1.86. The van der Waals surface area contributed by atoms with E-state index >= 15 is 0 Å². The summed E-state index contributed by atoms with van der Waals surface area (Å²) in [5.74, 6) is -0.347. The van der Waals surface area contributed by atoms with Crippen LogP contribution in [0.4, 0.5) is 4.39 Å². The maximum absolute atomic E-state index is 13.2. The molecule has 0 atom stereocenters. The molecule has 0 amide bonds. The molecule has 0 unspecified atom stereocenters. The summed E-state index contributed by atoms with van der Waals surface area (Å²) in [5, 5.41) is 0. The zero-order chi connectivity index (χ0) is 13.1. The fourth-order valence-electron chi connectivity index (χ4n) is 1.88. The summed E-state index contributed by atoms with van der Waals surface area (Å²) in [6.45, 7) is 3.67. The molecule has 0 aliphatic carbocycles. The lowest BCUT2D eigenvalue weighted by atomic mass is 9.99. The van der Waals surface area contributed by atoms with E-state index in [-0.39, 0.29) is 18.0 Å². The highest BCUT2D eigenvalue weighted by Crippen LogP contribution is 2.14. The van der Waals surface area contributed by atoms with Crippen LogP contribution in [0.5, 0.6) is 0 Å². The largest absolute Gasteiger partial charge is 0.294 e.